The average Bonchev–Trinajstić information content (AvgIpc) is 2.48. The van der Waals surface area contributed by atoms with Crippen LogP contribution in [0.1, 0.15) is 62.3 Å². The molecular formula is C21H34O8. The first kappa shape index (κ1) is 28.6. The van der Waals surface area contributed by atoms with Crippen molar-refractivity contribution in [2.45, 2.75) is 86.2 Å². The average molecular weight is 414 g/mol. The Balaban J connectivity index is 0. The zero-order valence-electron chi connectivity index (χ0n) is 18.8. The number of rotatable bonds is 7. The van der Waals surface area contributed by atoms with Gasteiger partial charge in [0, 0.05) is 24.3 Å². The van der Waals surface area contributed by atoms with E-state index in [1.165, 1.54) is 0 Å². The summed E-state index contributed by atoms with van der Waals surface area (Å²) in [6.45, 7) is 15.7. The van der Waals surface area contributed by atoms with Gasteiger partial charge in [0.2, 0.25) is 0 Å². The molecule has 0 radical (unpaired) electrons. The highest BCUT2D eigenvalue weighted by molar-refractivity contribution is 5.92. The van der Waals surface area contributed by atoms with E-state index < -0.39 is 29.5 Å². The molecule has 0 heterocycles. The lowest BCUT2D eigenvalue weighted by molar-refractivity contribution is -0.149. The summed E-state index contributed by atoms with van der Waals surface area (Å²) in [5.41, 5.74) is -0.552. The van der Waals surface area contributed by atoms with Gasteiger partial charge in [0.1, 0.15) is 5.60 Å². The van der Waals surface area contributed by atoms with E-state index in [0.29, 0.717) is 0 Å². The molecule has 0 atom stereocenters. The molecule has 0 rings (SSSR count). The van der Waals surface area contributed by atoms with Gasteiger partial charge in [0.05, 0.1) is 18.3 Å². The highest BCUT2D eigenvalue weighted by Crippen LogP contribution is 2.07. The van der Waals surface area contributed by atoms with Crippen molar-refractivity contribution < 1.29 is 38.1 Å². The van der Waals surface area contributed by atoms with Gasteiger partial charge >= 0.3 is 23.9 Å². The summed E-state index contributed by atoms with van der Waals surface area (Å²) >= 11 is 0. The predicted octanol–water partition coefficient (Wildman–Crippen LogP) is 3.28. The maximum Gasteiger partial charge on any atom is 0.331 e. The largest absolute Gasteiger partial charge is 0.460 e. The summed E-state index contributed by atoms with van der Waals surface area (Å²) in [5, 5.41) is 0. The van der Waals surface area contributed by atoms with E-state index in [0.717, 1.165) is 24.3 Å². The van der Waals surface area contributed by atoms with Crippen molar-refractivity contribution in [2.75, 3.05) is 0 Å². The predicted molar refractivity (Wildman–Crippen MR) is 108 cm³/mol. The van der Waals surface area contributed by atoms with E-state index in [4.69, 9.17) is 18.9 Å². The number of esters is 4. The molecule has 8 nitrogen and oxygen atoms in total. The van der Waals surface area contributed by atoms with Crippen molar-refractivity contribution in [2.24, 2.45) is 0 Å². The lowest BCUT2D eigenvalue weighted by Crippen LogP contribution is -2.22. The van der Waals surface area contributed by atoms with Crippen LogP contribution in [0.4, 0.5) is 0 Å². The Hall–Kier alpha value is -2.64. The van der Waals surface area contributed by atoms with Gasteiger partial charge in [-0.3, -0.25) is 0 Å². The van der Waals surface area contributed by atoms with Gasteiger partial charge in [-0.15, -0.1) is 0 Å². The molecule has 166 valence electrons. The van der Waals surface area contributed by atoms with Gasteiger partial charge in [0.15, 0.2) is 0 Å². The molecule has 0 aromatic heterocycles. The molecule has 0 N–H and O–H groups in total. The van der Waals surface area contributed by atoms with Gasteiger partial charge in [-0.2, -0.15) is 0 Å². The Labute approximate surface area is 173 Å². The molecule has 0 saturated heterocycles. The molecule has 0 aliphatic rings. The Kier molecular flexibility index (Phi) is 14.2. The minimum absolute atomic E-state index is 0.187. The first-order valence-electron chi connectivity index (χ1n) is 9.33. The standard InChI is InChI=1S/C11H18O4.C10H16O4/c1-8(2)14-9(12)6-7-10(13)15-11(3,4)5;1-7(2)13-9(11)5-6-10(12)14-8(3)4/h6-8H,1-5H3;5-8H,1-4H3. The zero-order valence-corrected chi connectivity index (χ0v) is 18.8. The van der Waals surface area contributed by atoms with E-state index in [9.17, 15) is 19.2 Å². The van der Waals surface area contributed by atoms with E-state index in [1.54, 1.807) is 62.3 Å². The van der Waals surface area contributed by atoms with Crippen LogP contribution in [0.2, 0.25) is 0 Å². The summed E-state index contributed by atoms with van der Waals surface area (Å²) in [6.07, 6.45) is 3.68. The van der Waals surface area contributed by atoms with Crippen LogP contribution in [0.15, 0.2) is 24.3 Å². The Morgan fingerprint density at radius 1 is 0.552 bits per heavy atom. The number of carbonyl (C=O) groups excluding carboxylic acids is 4. The topological polar surface area (TPSA) is 105 Å². The fourth-order valence-corrected chi connectivity index (χ4v) is 1.42. The SMILES string of the molecule is CC(C)OC(=O)C=CC(=O)OC(C)(C)C.CC(C)OC(=O)C=CC(=O)OC(C)C. The van der Waals surface area contributed by atoms with Crippen LogP contribution in [0, 0.1) is 0 Å². The Morgan fingerprint density at radius 2 is 0.793 bits per heavy atom. The Bertz CT molecular complexity index is 568. The fraction of sp³-hybridized carbons (Fsp3) is 0.619. The highest BCUT2D eigenvalue weighted by atomic mass is 16.6. The third-order valence-electron chi connectivity index (χ3n) is 2.17. The van der Waals surface area contributed by atoms with Gasteiger partial charge < -0.3 is 18.9 Å². The first-order valence-corrected chi connectivity index (χ1v) is 9.33. The van der Waals surface area contributed by atoms with Crippen LogP contribution >= 0.6 is 0 Å². The van der Waals surface area contributed by atoms with Gasteiger partial charge in [-0.05, 0) is 62.3 Å². The van der Waals surface area contributed by atoms with Crippen LogP contribution < -0.4 is 0 Å². The van der Waals surface area contributed by atoms with Crippen molar-refractivity contribution >= 4 is 23.9 Å². The summed E-state index contributed by atoms with van der Waals surface area (Å²) in [5.74, 6) is -2.18. The molecule has 29 heavy (non-hydrogen) atoms. The molecule has 0 aromatic carbocycles. The summed E-state index contributed by atoms with van der Waals surface area (Å²) in [7, 11) is 0. The number of hydrogen-bond donors (Lipinski definition) is 0. The smallest absolute Gasteiger partial charge is 0.331 e. The molecule has 0 unspecified atom stereocenters. The summed E-state index contributed by atoms with van der Waals surface area (Å²) in [4.78, 5) is 44.0. The third-order valence-corrected chi connectivity index (χ3v) is 2.17. The second-order valence-corrected chi connectivity index (χ2v) is 7.66. The number of hydrogen-bond acceptors (Lipinski definition) is 8. The maximum atomic E-state index is 11.1. The van der Waals surface area contributed by atoms with Gasteiger partial charge in [-0.1, -0.05) is 0 Å². The third kappa shape index (κ3) is 23.3. The second-order valence-electron chi connectivity index (χ2n) is 7.66. The number of ether oxygens (including phenoxy) is 4. The van der Waals surface area contributed by atoms with E-state index in [1.807, 2.05) is 0 Å². The molecule has 0 saturated carbocycles. The minimum Gasteiger partial charge on any atom is -0.460 e. The quantitative estimate of drug-likeness (QED) is 0.355. The van der Waals surface area contributed by atoms with Crippen molar-refractivity contribution in [3.05, 3.63) is 24.3 Å². The van der Waals surface area contributed by atoms with Crippen molar-refractivity contribution in [3.63, 3.8) is 0 Å². The highest BCUT2D eigenvalue weighted by Gasteiger charge is 2.14. The monoisotopic (exact) mass is 414 g/mol. The van der Waals surface area contributed by atoms with Crippen LogP contribution in [0.5, 0.6) is 0 Å². The first-order chi connectivity index (χ1) is 13.1. The second kappa shape index (κ2) is 14.4. The lowest BCUT2D eigenvalue weighted by Gasteiger charge is -2.17. The summed E-state index contributed by atoms with van der Waals surface area (Å²) in [6, 6.07) is 0. The molecule has 0 amide bonds. The van der Waals surface area contributed by atoms with Crippen molar-refractivity contribution in [1.82, 2.24) is 0 Å². The van der Waals surface area contributed by atoms with Crippen LogP contribution in [0.3, 0.4) is 0 Å². The molecule has 0 fully saturated rings. The zero-order chi connectivity index (χ0) is 23.2. The summed E-state index contributed by atoms with van der Waals surface area (Å²) < 4.78 is 19.3. The molecule has 0 aliphatic heterocycles. The molecule has 0 aromatic rings. The maximum absolute atomic E-state index is 11.1. The normalized spacial score (nSPS) is 11.4. The minimum atomic E-state index is -0.553. The molecular weight excluding hydrogens is 380 g/mol. The van der Waals surface area contributed by atoms with Crippen LogP contribution in [-0.4, -0.2) is 47.8 Å². The molecule has 0 spiro atoms. The van der Waals surface area contributed by atoms with E-state index in [-0.39, 0.29) is 18.3 Å². The molecule has 8 heteroatoms. The molecule has 0 aliphatic carbocycles. The van der Waals surface area contributed by atoms with Crippen molar-refractivity contribution in [1.29, 1.82) is 0 Å². The number of carbonyl (C=O) groups is 4. The van der Waals surface area contributed by atoms with Gasteiger partial charge in [-0.25, -0.2) is 19.2 Å². The molecule has 0 bridgehead atoms. The van der Waals surface area contributed by atoms with Crippen molar-refractivity contribution in [3.8, 4) is 0 Å². The van der Waals surface area contributed by atoms with Crippen LogP contribution in [-0.2, 0) is 38.1 Å². The van der Waals surface area contributed by atoms with Gasteiger partial charge in [0.25, 0.3) is 0 Å². The fourth-order valence-electron chi connectivity index (χ4n) is 1.42. The van der Waals surface area contributed by atoms with E-state index >= 15 is 0 Å². The van der Waals surface area contributed by atoms with Crippen LogP contribution in [0.25, 0.3) is 0 Å². The Morgan fingerprint density at radius 3 is 1.00 bits per heavy atom. The lowest BCUT2D eigenvalue weighted by atomic mass is 10.2. The van der Waals surface area contributed by atoms with E-state index in [2.05, 4.69) is 0 Å².